The molecule has 5 N–H and O–H groups in total. The summed E-state index contributed by atoms with van der Waals surface area (Å²) in [6, 6.07) is -1.01. The van der Waals surface area contributed by atoms with Gasteiger partial charge in [0.25, 0.3) is 0 Å². The molecule has 1 amide bonds. The fourth-order valence-electron chi connectivity index (χ4n) is 8.20. The Morgan fingerprint density at radius 1 is 0.387 bits per heavy atom. The SMILES string of the molecule is CCCCCCCCCCC/C=C/CC/C=C/CC/C=C/CCCC(O)C(O)C(CO)NC(=O)C(O)CCCCCCCCCC/C=C\CCCCCCCCCCCCCC. The van der Waals surface area contributed by atoms with Crippen molar-refractivity contribution in [2.24, 2.45) is 0 Å². The molecule has 0 radical (unpaired) electrons. The van der Waals surface area contributed by atoms with Crippen LogP contribution in [0.3, 0.4) is 0 Å². The van der Waals surface area contributed by atoms with Gasteiger partial charge in [-0.25, -0.2) is 0 Å². The summed E-state index contributed by atoms with van der Waals surface area (Å²) < 4.78 is 0. The van der Waals surface area contributed by atoms with Crippen molar-refractivity contribution in [3.8, 4) is 0 Å². The minimum absolute atomic E-state index is 0.354. The Morgan fingerprint density at radius 3 is 1.02 bits per heavy atom. The summed E-state index contributed by atoms with van der Waals surface area (Å²) in [6.07, 6.45) is 63.1. The van der Waals surface area contributed by atoms with Crippen LogP contribution in [0.15, 0.2) is 48.6 Å². The van der Waals surface area contributed by atoms with Crippen molar-refractivity contribution in [1.29, 1.82) is 0 Å². The summed E-state index contributed by atoms with van der Waals surface area (Å²) in [5, 5.41) is 43.9. The average molecular weight is 872 g/mol. The first-order chi connectivity index (χ1) is 30.5. The van der Waals surface area contributed by atoms with Gasteiger partial charge in [0.1, 0.15) is 12.2 Å². The minimum atomic E-state index is -1.30. The van der Waals surface area contributed by atoms with Crippen LogP contribution in [-0.4, -0.2) is 57.3 Å². The van der Waals surface area contributed by atoms with Crippen molar-refractivity contribution in [1.82, 2.24) is 5.32 Å². The maximum absolute atomic E-state index is 12.6. The molecule has 0 saturated heterocycles. The first kappa shape index (κ1) is 60.3. The van der Waals surface area contributed by atoms with Crippen molar-refractivity contribution in [2.45, 2.75) is 295 Å². The van der Waals surface area contributed by atoms with Gasteiger partial charge >= 0.3 is 0 Å². The van der Waals surface area contributed by atoms with Crippen LogP contribution in [0.5, 0.6) is 0 Å². The fourth-order valence-corrected chi connectivity index (χ4v) is 8.20. The Balaban J connectivity index is 3.74. The third kappa shape index (κ3) is 43.5. The molecule has 0 aromatic rings. The van der Waals surface area contributed by atoms with Crippen LogP contribution in [0.2, 0.25) is 0 Å². The molecule has 62 heavy (non-hydrogen) atoms. The van der Waals surface area contributed by atoms with E-state index in [9.17, 15) is 25.2 Å². The molecule has 0 saturated carbocycles. The number of carbonyl (C=O) groups is 1. The lowest BCUT2D eigenvalue weighted by Crippen LogP contribution is -2.53. The zero-order valence-electron chi connectivity index (χ0n) is 41.1. The number of aliphatic hydroxyl groups excluding tert-OH is 4. The quantitative estimate of drug-likeness (QED) is 0.0309. The number of amides is 1. The van der Waals surface area contributed by atoms with E-state index < -0.39 is 36.9 Å². The molecule has 0 aromatic carbocycles. The van der Waals surface area contributed by atoms with Crippen LogP contribution < -0.4 is 5.32 Å². The van der Waals surface area contributed by atoms with E-state index in [1.165, 1.54) is 186 Å². The monoisotopic (exact) mass is 872 g/mol. The molecule has 0 spiro atoms. The van der Waals surface area contributed by atoms with E-state index in [0.29, 0.717) is 19.3 Å². The number of nitrogens with one attached hydrogen (secondary N) is 1. The van der Waals surface area contributed by atoms with E-state index in [4.69, 9.17) is 0 Å². The molecule has 4 unspecified atom stereocenters. The Labute approximate surface area is 385 Å². The standard InChI is InChI=1S/C56H105NO5/c1-3-5-7-9-11-13-15-17-19-21-23-25-27-28-30-32-34-36-38-40-42-44-46-48-50-54(60)56(62)57-52(51-58)55(61)53(59)49-47-45-43-41-39-37-35-33-31-29-26-24-22-20-18-16-14-12-10-8-6-4-2/h24,26,28,30,33,35,41,43,52-55,58-61H,3-23,25,27,29,31-32,34,36-40,42,44-51H2,1-2H3,(H,57,62)/b26-24+,30-28-,35-33+,43-41+. The Morgan fingerprint density at radius 2 is 0.677 bits per heavy atom. The van der Waals surface area contributed by atoms with Crippen molar-refractivity contribution in [3.05, 3.63) is 48.6 Å². The third-order valence-electron chi connectivity index (χ3n) is 12.5. The topological polar surface area (TPSA) is 110 Å². The minimum Gasteiger partial charge on any atom is -0.394 e. The molecule has 0 bridgehead atoms. The molecule has 364 valence electrons. The van der Waals surface area contributed by atoms with Crippen LogP contribution in [0.25, 0.3) is 0 Å². The molecule has 0 aliphatic rings. The summed E-state index contributed by atoms with van der Waals surface area (Å²) in [5.41, 5.74) is 0. The summed E-state index contributed by atoms with van der Waals surface area (Å²) in [5.74, 6) is -0.601. The van der Waals surface area contributed by atoms with Crippen LogP contribution in [0.4, 0.5) is 0 Å². The Kier molecular flexibility index (Phi) is 48.9. The summed E-state index contributed by atoms with van der Waals surface area (Å²) in [7, 11) is 0. The molecule has 4 atom stereocenters. The second kappa shape index (κ2) is 50.3. The number of hydrogen-bond acceptors (Lipinski definition) is 5. The zero-order chi connectivity index (χ0) is 45.2. The van der Waals surface area contributed by atoms with Crippen LogP contribution >= 0.6 is 0 Å². The molecule has 0 aliphatic heterocycles. The number of hydrogen-bond donors (Lipinski definition) is 5. The molecule has 6 nitrogen and oxygen atoms in total. The van der Waals surface area contributed by atoms with Gasteiger partial charge in [0.15, 0.2) is 0 Å². The highest BCUT2D eigenvalue weighted by molar-refractivity contribution is 5.80. The second-order valence-electron chi connectivity index (χ2n) is 18.5. The highest BCUT2D eigenvalue weighted by atomic mass is 16.3. The van der Waals surface area contributed by atoms with Crippen LogP contribution in [0, 0.1) is 0 Å². The van der Waals surface area contributed by atoms with E-state index in [1.807, 2.05) is 0 Å². The molecule has 0 heterocycles. The number of allylic oxidation sites excluding steroid dienone is 8. The van der Waals surface area contributed by atoms with Gasteiger partial charge in [-0.05, 0) is 89.9 Å². The van der Waals surface area contributed by atoms with Gasteiger partial charge in [0, 0.05) is 0 Å². The lowest BCUT2D eigenvalue weighted by molar-refractivity contribution is -0.132. The van der Waals surface area contributed by atoms with Crippen LogP contribution in [-0.2, 0) is 4.79 Å². The second-order valence-corrected chi connectivity index (χ2v) is 18.5. The van der Waals surface area contributed by atoms with Crippen LogP contribution in [0.1, 0.15) is 271 Å². The van der Waals surface area contributed by atoms with Crippen molar-refractivity contribution in [3.63, 3.8) is 0 Å². The van der Waals surface area contributed by atoms with Crippen molar-refractivity contribution < 1.29 is 25.2 Å². The average Bonchev–Trinajstić information content (AvgIpc) is 3.28. The zero-order valence-corrected chi connectivity index (χ0v) is 41.1. The highest BCUT2D eigenvalue weighted by Gasteiger charge is 2.28. The maximum atomic E-state index is 12.6. The molecule has 0 rings (SSSR count). The van der Waals surface area contributed by atoms with Gasteiger partial charge in [0.2, 0.25) is 5.91 Å². The molecule has 0 fully saturated rings. The first-order valence-electron chi connectivity index (χ1n) is 27.0. The van der Waals surface area contributed by atoms with E-state index >= 15 is 0 Å². The number of unbranched alkanes of at least 4 members (excludes halogenated alkanes) is 32. The van der Waals surface area contributed by atoms with Crippen molar-refractivity contribution in [2.75, 3.05) is 6.61 Å². The highest BCUT2D eigenvalue weighted by Crippen LogP contribution is 2.16. The van der Waals surface area contributed by atoms with Gasteiger partial charge in [-0.15, -0.1) is 0 Å². The molecule has 0 aliphatic carbocycles. The number of aliphatic hydroxyl groups is 4. The third-order valence-corrected chi connectivity index (χ3v) is 12.5. The van der Waals surface area contributed by atoms with E-state index in [0.717, 1.165) is 51.4 Å². The largest absolute Gasteiger partial charge is 0.394 e. The molecule has 0 aromatic heterocycles. The van der Waals surface area contributed by atoms with Gasteiger partial charge < -0.3 is 25.7 Å². The normalized spacial score (nSPS) is 14.2. The number of carbonyl (C=O) groups excluding carboxylic acids is 1. The lowest BCUT2D eigenvalue weighted by Gasteiger charge is -2.27. The number of rotatable bonds is 49. The van der Waals surface area contributed by atoms with E-state index in [1.54, 1.807) is 0 Å². The van der Waals surface area contributed by atoms with Gasteiger partial charge in [-0.1, -0.05) is 229 Å². The van der Waals surface area contributed by atoms with Gasteiger partial charge in [-0.3, -0.25) is 4.79 Å². The molecular formula is C56H105NO5. The Hall–Kier alpha value is -1.73. The summed E-state index contributed by atoms with van der Waals surface area (Å²) >= 11 is 0. The van der Waals surface area contributed by atoms with E-state index in [-0.39, 0.29) is 0 Å². The van der Waals surface area contributed by atoms with E-state index in [2.05, 4.69) is 67.8 Å². The smallest absolute Gasteiger partial charge is 0.249 e. The van der Waals surface area contributed by atoms with Gasteiger partial charge in [-0.2, -0.15) is 0 Å². The molecule has 6 heteroatoms. The fraction of sp³-hybridized carbons (Fsp3) is 0.839. The lowest BCUT2D eigenvalue weighted by atomic mass is 10.00. The maximum Gasteiger partial charge on any atom is 0.249 e. The molecular weight excluding hydrogens is 767 g/mol. The Bertz CT molecular complexity index is 1020. The van der Waals surface area contributed by atoms with Gasteiger partial charge in [0.05, 0.1) is 18.8 Å². The summed E-state index contributed by atoms with van der Waals surface area (Å²) in [6.45, 7) is 4.05. The first-order valence-corrected chi connectivity index (χ1v) is 27.0. The van der Waals surface area contributed by atoms with Crippen molar-refractivity contribution >= 4 is 5.91 Å². The predicted octanol–water partition coefficient (Wildman–Crippen LogP) is 15.4. The predicted molar refractivity (Wildman–Crippen MR) is 270 cm³/mol. The summed E-state index contributed by atoms with van der Waals surface area (Å²) in [4.78, 5) is 12.6.